The highest BCUT2D eigenvalue weighted by atomic mass is 19.1. The fourth-order valence-corrected chi connectivity index (χ4v) is 2.16. The van der Waals surface area contributed by atoms with Crippen LogP contribution in [0.15, 0.2) is 40.9 Å². The molecule has 3 aromatic rings. The molecule has 5 heteroatoms. The van der Waals surface area contributed by atoms with Crippen molar-refractivity contribution < 1.29 is 13.7 Å². The zero-order valence-electron chi connectivity index (χ0n) is 10.5. The number of fused-ring (bicyclic) bond motifs is 1. The average Bonchev–Trinajstić information content (AvgIpc) is 3.22. The van der Waals surface area contributed by atoms with Crippen molar-refractivity contribution in [2.24, 2.45) is 0 Å². The highest BCUT2D eigenvalue weighted by molar-refractivity contribution is 5.77. The van der Waals surface area contributed by atoms with E-state index in [0.29, 0.717) is 23.3 Å². The quantitative estimate of drug-likeness (QED) is 0.720. The molecule has 0 spiro atoms. The summed E-state index contributed by atoms with van der Waals surface area (Å²) < 4.78 is 23.6. The van der Waals surface area contributed by atoms with Crippen LogP contribution in [-0.2, 0) is 0 Å². The maximum atomic E-state index is 12.8. The first-order valence-electron chi connectivity index (χ1n) is 6.49. The summed E-state index contributed by atoms with van der Waals surface area (Å²) in [7, 11) is 0. The summed E-state index contributed by atoms with van der Waals surface area (Å²) in [6.07, 6.45) is 2.32. The maximum absolute atomic E-state index is 12.8. The number of halogens is 1. The molecule has 0 unspecified atom stereocenters. The Kier molecular flexibility index (Phi) is 2.45. The molecular formula is C15H11FN2O2. The topological polar surface area (TPSA) is 48.2 Å². The van der Waals surface area contributed by atoms with Crippen molar-refractivity contribution in [2.45, 2.75) is 18.8 Å². The van der Waals surface area contributed by atoms with Crippen LogP contribution < -0.4 is 4.74 Å². The Morgan fingerprint density at radius 2 is 1.90 bits per heavy atom. The summed E-state index contributed by atoms with van der Waals surface area (Å²) in [4.78, 5) is 4.28. The Balaban J connectivity index is 1.65. The van der Waals surface area contributed by atoms with E-state index in [2.05, 4.69) is 10.1 Å². The van der Waals surface area contributed by atoms with Crippen LogP contribution in [0.1, 0.15) is 24.5 Å². The molecule has 0 bridgehead atoms. The van der Waals surface area contributed by atoms with Crippen molar-refractivity contribution in [3.05, 3.63) is 47.9 Å². The molecule has 0 atom stereocenters. The zero-order valence-corrected chi connectivity index (χ0v) is 10.5. The Hall–Kier alpha value is -2.43. The molecule has 4 nitrogen and oxygen atoms in total. The summed E-state index contributed by atoms with van der Waals surface area (Å²) in [5, 5.41) is 5.02. The number of ether oxygens (including phenoxy) is 1. The fraction of sp³-hybridized carbons (Fsp3) is 0.200. The predicted octanol–water partition coefficient (Wildman–Crippen LogP) is 4.03. The van der Waals surface area contributed by atoms with Crippen molar-refractivity contribution in [2.75, 3.05) is 0 Å². The minimum absolute atomic E-state index is 0.301. The standard InChI is InChI=1S/C15H11FN2O2/c16-10-3-5-11(6-4-10)19-13-8-7-12-14(9-1-2-9)18-20-15(12)17-13/h3-9H,1-2H2. The van der Waals surface area contributed by atoms with Crippen LogP contribution in [0.2, 0.25) is 0 Å². The highest BCUT2D eigenvalue weighted by Gasteiger charge is 2.29. The molecule has 1 fully saturated rings. The van der Waals surface area contributed by atoms with Crippen molar-refractivity contribution in [3.8, 4) is 11.6 Å². The van der Waals surface area contributed by atoms with Gasteiger partial charge in [0.15, 0.2) is 0 Å². The van der Waals surface area contributed by atoms with Crippen LogP contribution >= 0.6 is 0 Å². The van der Waals surface area contributed by atoms with E-state index in [1.165, 1.54) is 12.1 Å². The van der Waals surface area contributed by atoms with Gasteiger partial charge in [0.2, 0.25) is 5.88 Å². The third-order valence-electron chi connectivity index (χ3n) is 3.34. The number of aromatic nitrogens is 2. The molecule has 4 rings (SSSR count). The summed E-state index contributed by atoms with van der Waals surface area (Å²) in [6.45, 7) is 0. The third-order valence-corrected chi connectivity index (χ3v) is 3.34. The Morgan fingerprint density at radius 3 is 2.65 bits per heavy atom. The monoisotopic (exact) mass is 270 g/mol. The second-order valence-electron chi connectivity index (χ2n) is 4.90. The fourth-order valence-electron chi connectivity index (χ4n) is 2.16. The molecular weight excluding hydrogens is 259 g/mol. The Bertz CT molecular complexity index is 763. The number of pyridine rings is 1. The van der Waals surface area contributed by atoms with E-state index >= 15 is 0 Å². The van der Waals surface area contributed by atoms with Gasteiger partial charge in [-0.2, -0.15) is 4.98 Å². The van der Waals surface area contributed by atoms with Gasteiger partial charge >= 0.3 is 0 Å². The van der Waals surface area contributed by atoms with Crippen LogP contribution in [0.5, 0.6) is 11.6 Å². The lowest BCUT2D eigenvalue weighted by Gasteiger charge is -2.03. The maximum Gasteiger partial charge on any atom is 0.261 e. The van der Waals surface area contributed by atoms with Gasteiger partial charge in [-0.3, -0.25) is 0 Å². The van der Waals surface area contributed by atoms with Gasteiger partial charge in [-0.25, -0.2) is 4.39 Å². The van der Waals surface area contributed by atoms with Crippen LogP contribution in [0, 0.1) is 5.82 Å². The summed E-state index contributed by atoms with van der Waals surface area (Å²) in [5.41, 5.74) is 1.47. The Morgan fingerprint density at radius 1 is 1.10 bits per heavy atom. The Labute approximate surface area is 114 Å². The molecule has 2 aromatic heterocycles. The first kappa shape index (κ1) is 11.4. The van der Waals surface area contributed by atoms with E-state index < -0.39 is 0 Å². The van der Waals surface area contributed by atoms with Crippen LogP contribution in [0.25, 0.3) is 11.1 Å². The molecule has 2 heterocycles. The first-order chi connectivity index (χ1) is 9.79. The minimum Gasteiger partial charge on any atom is -0.439 e. The zero-order chi connectivity index (χ0) is 13.5. The summed E-state index contributed by atoms with van der Waals surface area (Å²) >= 11 is 0. The van der Waals surface area contributed by atoms with Crippen molar-refractivity contribution >= 4 is 11.1 Å². The van der Waals surface area contributed by atoms with Gasteiger partial charge in [0.1, 0.15) is 11.6 Å². The second kappa shape index (κ2) is 4.30. The molecule has 0 aliphatic heterocycles. The van der Waals surface area contributed by atoms with E-state index in [0.717, 1.165) is 23.9 Å². The van der Waals surface area contributed by atoms with Gasteiger partial charge in [0, 0.05) is 12.0 Å². The number of rotatable bonds is 3. The van der Waals surface area contributed by atoms with Crippen molar-refractivity contribution in [3.63, 3.8) is 0 Å². The minimum atomic E-state index is -0.301. The number of benzene rings is 1. The van der Waals surface area contributed by atoms with Gasteiger partial charge in [-0.15, -0.1) is 0 Å². The summed E-state index contributed by atoms with van der Waals surface area (Å²) in [5.74, 6) is 1.15. The van der Waals surface area contributed by atoms with Gasteiger partial charge in [0.05, 0.1) is 11.1 Å². The van der Waals surface area contributed by atoms with E-state index in [1.807, 2.05) is 6.07 Å². The van der Waals surface area contributed by atoms with Crippen LogP contribution in [0.4, 0.5) is 4.39 Å². The van der Waals surface area contributed by atoms with E-state index in [1.54, 1.807) is 18.2 Å². The second-order valence-corrected chi connectivity index (χ2v) is 4.90. The SMILES string of the molecule is Fc1ccc(Oc2ccc3c(C4CC4)noc3n2)cc1. The highest BCUT2D eigenvalue weighted by Crippen LogP contribution is 2.42. The molecule has 1 saturated carbocycles. The largest absolute Gasteiger partial charge is 0.439 e. The lowest BCUT2D eigenvalue weighted by Crippen LogP contribution is -1.88. The smallest absolute Gasteiger partial charge is 0.261 e. The lowest BCUT2D eigenvalue weighted by molar-refractivity contribution is 0.426. The molecule has 20 heavy (non-hydrogen) atoms. The third kappa shape index (κ3) is 2.01. The molecule has 0 radical (unpaired) electrons. The van der Waals surface area contributed by atoms with E-state index in [9.17, 15) is 4.39 Å². The molecule has 1 aliphatic carbocycles. The van der Waals surface area contributed by atoms with Crippen molar-refractivity contribution in [1.29, 1.82) is 0 Å². The predicted molar refractivity (Wildman–Crippen MR) is 70.3 cm³/mol. The van der Waals surface area contributed by atoms with Gasteiger partial charge in [-0.1, -0.05) is 5.16 Å². The van der Waals surface area contributed by atoms with E-state index in [-0.39, 0.29) is 5.82 Å². The van der Waals surface area contributed by atoms with Gasteiger partial charge in [-0.05, 0) is 43.2 Å². The normalized spacial score (nSPS) is 14.7. The summed E-state index contributed by atoms with van der Waals surface area (Å²) in [6, 6.07) is 9.47. The molecule has 0 amide bonds. The molecule has 0 N–H and O–H groups in total. The van der Waals surface area contributed by atoms with E-state index in [4.69, 9.17) is 9.26 Å². The number of hydrogen-bond donors (Lipinski definition) is 0. The molecule has 0 saturated heterocycles. The van der Waals surface area contributed by atoms with Crippen molar-refractivity contribution in [1.82, 2.24) is 10.1 Å². The molecule has 1 aromatic carbocycles. The van der Waals surface area contributed by atoms with Gasteiger partial charge in [0.25, 0.3) is 5.71 Å². The van der Waals surface area contributed by atoms with Crippen LogP contribution in [0.3, 0.4) is 0 Å². The molecule has 100 valence electrons. The molecule has 1 aliphatic rings. The number of nitrogens with zero attached hydrogens (tertiary/aromatic N) is 2. The number of hydrogen-bond acceptors (Lipinski definition) is 4. The first-order valence-corrected chi connectivity index (χ1v) is 6.49. The van der Waals surface area contributed by atoms with Gasteiger partial charge < -0.3 is 9.26 Å². The van der Waals surface area contributed by atoms with Crippen LogP contribution in [-0.4, -0.2) is 10.1 Å². The lowest BCUT2D eigenvalue weighted by atomic mass is 10.2. The average molecular weight is 270 g/mol.